The molecule has 2 N–H and O–H groups in total. The van der Waals surface area contributed by atoms with Gasteiger partial charge in [0.1, 0.15) is 6.54 Å². The van der Waals surface area contributed by atoms with Crippen LogP contribution in [0.3, 0.4) is 0 Å². The van der Waals surface area contributed by atoms with Crippen molar-refractivity contribution in [2.45, 2.75) is 31.6 Å². The lowest BCUT2D eigenvalue weighted by molar-refractivity contribution is -0.139. The number of hydrogen-bond acceptors (Lipinski definition) is 3. The third-order valence-electron chi connectivity index (χ3n) is 6.25. The van der Waals surface area contributed by atoms with E-state index in [-0.39, 0.29) is 24.4 Å². The first kappa shape index (κ1) is 24.1. The molecule has 10 heteroatoms. The number of carbonyl (C=O) groups is 1. The van der Waals surface area contributed by atoms with Gasteiger partial charge in [0.15, 0.2) is 5.82 Å². The number of piperidine rings is 1. The number of amides is 1. The van der Waals surface area contributed by atoms with Crippen molar-refractivity contribution >= 4 is 40.3 Å². The zero-order valence-corrected chi connectivity index (χ0v) is 19.4. The van der Waals surface area contributed by atoms with Crippen LogP contribution in [0.25, 0.3) is 33.5 Å². The smallest absolute Gasteiger partial charge is 0.337 e. The van der Waals surface area contributed by atoms with Crippen LogP contribution in [0.1, 0.15) is 23.2 Å². The van der Waals surface area contributed by atoms with Crippen molar-refractivity contribution in [3.05, 3.63) is 54.1 Å². The monoisotopic (exact) mass is 491 g/mol. The third-order valence-corrected chi connectivity index (χ3v) is 6.25. The van der Waals surface area contributed by atoms with Crippen LogP contribution in [-0.4, -0.2) is 50.2 Å². The topological polar surface area (TPSA) is 69.1 Å². The predicted octanol–water partition coefficient (Wildman–Crippen LogP) is 4.74. The van der Waals surface area contributed by atoms with E-state index in [1.165, 1.54) is 4.57 Å². The zero-order chi connectivity index (χ0) is 23.3. The van der Waals surface area contributed by atoms with Gasteiger partial charge in [0.05, 0.1) is 16.7 Å². The minimum atomic E-state index is -4.38. The average molecular weight is 492 g/mol. The van der Waals surface area contributed by atoms with E-state index in [1.807, 2.05) is 0 Å². The van der Waals surface area contributed by atoms with Crippen molar-refractivity contribution in [3.8, 4) is 11.5 Å². The van der Waals surface area contributed by atoms with Crippen LogP contribution in [0, 0.1) is 0 Å². The lowest BCUT2D eigenvalue weighted by Gasteiger charge is -2.30. The highest BCUT2D eigenvalue weighted by Crippen LogP contribution is 2.33. The maximum atomic E-state index is 13.4. The minimum Gasteiger partial charge on any atom is -0.337 e. The Kier molecular flexibility index (Phi) is 6.35. The van der Waals surface area contributed by atoms with Crippen molar-refractivity contribution in [2.24, 2.45) is 12.8 Å². The molecule has 0 saturated carbocycles. The quantitative estimate of drug-likeness (QED) is 0.450. The summed E-state index contributed by atoms with van der Waals surface area (Å²) in [6.45, 7) is 0.0650. The normalized spacial score (nSPS) is 16.7. The number of carbonyl (C=O) groups excluding carboxylic acids is 1. The molecule has 3 heterocycles. The maximum Gasteiger partial charge on any atom is 0.406 e. The molecule has 1 amide bonds. The standard InChI is InChI=1S/C24H24F3N5O.ClH/c1-30-20-9-8-16(23(33)31-10-4-6-17(28)13-31)11-18(20)29-22(30)21-12-15-5-2-3-7-19(15)32(21)14-24(25,26)27;/h2-3,5,7-9,11-12,17H,4,6,10,13-14,28H2,1H3;1H/t17-;/m1./s1. The van der Waals surface area contributed by atoms with E-state index in [0.29, 0.717) is 46.6 Å². The van der Waals surface area contributed by atoms with Crippen LogP contribution in [0.4, 0.5) is 13.2 Å². The van der Waals surface area contributed by atoms with E-state index in [2.05, 4.69) is 4.98 Å². The van der Waals surface area contributed by atoms with Crippen LogP contribution in [0.5, 0.6) is 0 Å². The first-order chi connectivity index (χ1) is 15.7. The van der Waals surface area contributed by atoms with Crippen LogP contribution in [-0.2, 0) is 13.6 Å². The molecule has 0 bridgehead atoms. The van der Waals surface area contributed by atoms with Gasteiger partial charge in [0, 0.05) is 42.6 Å². The first-order valence-electron chi connectivity index (χ1n) is 10.9. The molecule has 1 aliphatic rings. The van der Waals surface area contributed by atoms with Gasteiger partial charge in [-0.05, 0) is 43.2 Å². The number of fused-ring (bicyclic) bond motifs is 2. The molecule has 2 aromatic heterocycles. The lowest BCUT2D eigenvalue weighted by Crippen LogP contribution is -2.45. The zero-order valence-electron chi connectivity index (χ0n) is 18.5. The van der Waals surface area contributed by atoms with Gasteiger partial charge in [-0.25, -0.2) is 4.98 Å². The van der Waals surface area contributed by atoms with Gasteiger partial charge in [0.25, 0.3) is 5.91 Å². The summed E-state index contributed by atoms with van der Waals surface area (Å²) >= 11 is 0. The van der Waals surface area contributed by atoms with E-state index in [4.69, 9.17) is 5.73 Å². The van der Waals surface area contributed by atoms with Gasteiger partial charge in [-0.2, -0.15) is 13.2 Å². The van der Waals surface area contributed by atoms with Crippen LogP contribution >= 0.6 is 12.4 Å². The highest BCUT2D eigenvalue weighted by atomic mass is 35.5. The number of nitrogens with zero attached hydrogens (tertiary/aromatic N) is 4. The summed E-state index contributed by atoms with van der Waals surface area (Å²) in [7, 11) is 1.77. The van der Waals surface area contributed by atoms with Gasteiger partial charge in [-0.15, -0.1) is 12.4 Å². The Bertz CT molecular complexity index is 1360. The summed E-state index contributed by atoms with van der Waals surface area (Å²) in [6.07, 6.45) is -2.61. The summed E-state index contributed by atoms with van der Waals surface area (Å²) in [4.78, 5) is 19.4. The largest absolute Gasteiger partial charge is 0.406 e. The SMILES string of the molecule is Cl.Cn1c(-c2cc3ccccc3n2CC(F)(F)F)nc2cc(C(=O)N3CCC[C@@H](N)C3)ccc21. The molecule has 6 nitrogen and oxygen atoms in total. The number of imidazole rings is 1. The number of alkyl halides is 3. The number of hydrogen-bond donors (Lipinski definition) is 1. The molecule has 1 fully saturated rings. The van der Waals surface area contributed by atoms with Crippen LogP contribution < -0.4 is 5.73 Å². The third kappa shape index (κ3) is 4.37. The van der Waals surface area contributed by atoms with Gasteiger partial charge in [-0.1, -0.05) is 18.2 Å². The number of nitrogens with two attached hydrogens (primary N) is 1. The fourth-order valence-electron chi connectivity index (χ4n) is 4.68. The Balaban J connectivity index is 0.00000274. The Morgan fingerprint density at radius 3 is 2.65 bits per heavy atom. The van der Waals surface area contributed by atoms with Gasteiger partial charge in [-0.3, -0.25) is 4.79 Å². The number of halogens is 4. The maximum absolute atomic E-state index is 13.4. The van der Waals surface area contributed by atoms with E-state index in [9.17, 15) is 18.0 Å². The fraction of sp³-hybridized carbons (Fsp3) is 0.333. The molecule has 0 spiro atoms. The molecule has 1 aliphatic heterocycles. The van der Waals surface area contributed by atoms with Crippen LogP contribution in [0.15, 0.2) is 48.5 Å². The van der Waals surface area contributed by atoms with Crippen molar-refractivity contribution in [2.75, 3.05) is 13.1 Å². The summed E-state index contributed by atoms with van der Waals surface area (Å²) < 4.78 is 43.2. The van der Waals surface area contributed by atoms with Gasteiger partial charge in [0.2, 0.25) is 0 Å². The number of rotatable bonds is 3. The second-order valence-electron chi connectivity index (χ2n) is 8.64. The molecule has 5 rings (SSSR count). The Labute approximate surface area is 200 Å². The molecule has 1 saturated heterocycles. The van der Waals surface area contributed by atoms with Crippen molar-refractivity contribution in [1.29, 1.82) is 0 Å². The summed E-state index contributed by atoms with van der Waals surface area (Å²) in [5.41, 5.74) is 8.68. The van der Waals surface area contributed by atoms with Crippen molar-refractivity contribution in [3.63, 3.8) is 0 Å². The Morgan fingerprint density at radius 1 is 1.15 bits per heavy atom. The number of para-hydroxylation sites is 1. The molecule has 0 aliphatic carbocycles. The number of likely N-dealkylation sites (tertiary alicyclic amines) is 1. The Hall–Kier alpha value is -3.04. The van der Waals surface area contributed by atoms with E-state index >= 15 is 0 Å². The molecule has 0 radical (unpaired) electrons. The number of aromatic nitrogens is 3. The molecular weight excluding hydrogens is 467 g/mol. The highest BCUT2D eigenvalue weighted by molar-refractivity contribution is 5.98. The molecule has 1 atom stereocenters. The van der Waals surface area contributed by atoms with Gasteiger partial charge < -0.3 is 19.8 Å². The average Bonchev–Trinajstić information content (AvgIpc) is 3.29. The summed E-state index contributed by atoms with van der Waals surface area (Å²) in [5.74, 6) is 0.306. The number of aryl methyl sites for hydroxylation is 1. The number of benzene rings is 2. The minimum absolute atomic E-state index is 0. The molecule has 34 heavy (non-hydrogen) atoms. The summed E-state index contributed by atoms with van der Waals surface area (Å²) in [5, 5.41) is 0.709. The van der Waals surface area contributed by atoms with Gasteiger partial charge >= 0.3 is 6.18 Å². The predicted molar refractivity (Wildman–Crippen MR) is 128 cm³/mol. The van der Waals surface area contributed by atoms with Crippen molar-refractivity contribution < 1.29 is 18.0 Å². The lowest BCUT2D eigenvalue weighted by atomic mass is 10.1. The first-order valence-corrected chi connectivity index (χ1v) is 10.9. The van der Waals surface area contributed by atoms with Crippen molar-refractivity contribution in [1.82, 2.24) is 19.0 Å². The molecule has 180 valence electrons. The second kappa shape index (κ2) is 8.96. The Morgan fingerprint density at radius 2 is 1.91 bits per heavy atom. The van der Waals surface area contributed by atoms with E-state index in [0.717, 1.165) is 18.4 Å². The fourth-order valence-corrected chi connectivity index (χ4v) is 4.68. The molecule has 4 aromatic rings. The second-order valence-corrected chi connectivity index (χ2v) is 8.64. The highest BCUT2D eigenvalue weighted by Gasteiger charge is 2.31. The molecular formula is C24H25ClF3N5O. The summed E-state index contributed by atoms with van der Waals surface area (Å²) in [6, 6.07) is 13.9. The van der Waals surface area contributed by atoms with Crippen LogP contribution in [0.2, 0.25) is 0 Å². The van der Waals surface area contributed by atoms with E-state index < -0.39 is 12.7 Å². The van der Waals surface area contributed by atoms with E-state index in [1.54, 1.807) is 65.0 Å². The molecule has 0 unspecified atom stereocenters. The molecule has 2 aromatic carbocycles.